The monoisotopic (exact) mass is 1690 g/mol. The number of phenols is 8. The highest BCUT2D eigenvalue weighted by molar-refractivity contribution is 6.02. The number of anilines is 4. The smallest absolute Gasteiger partial charge is 0.230 e. The minimum atomic E-state index is -0.260. The summed E-state index contributed by atoms with van der Waals surface area (Å²) in [6, 6.07) is 95.5. The number of carbonyl (C=O) groups excluding carboxylic acids is 4. The van der Waals surface area contributed by atoms with Crippen molar-refractivity contribution in [2.24, 2.45) is 0 Å². The Kier molecular flexibility index (Phi) is 28.2. The molecule has 4 heterocycles. The van der Waals surface area contributed by atoms with Gasteiger partial charge in [0.25, 0.3) is 0 Å². The number of aromatic nitrogens is 8. The van der Waals surface area contributed by atoms with Crippen LogP contribution in [0.4, 0.5) is 23.3 Å². The zero-order valence-corrected chi connectivity index (χ0v) is 68.5. The molecule has 0 aliphatic carbocycles. The lowest BCUT2D eigenvalue weighted by molar-refractivity contribution is -0.116. The van der Waals surface area contributed by atoms with E-state index in [1.54, 1.807) is 207 Å². The number of benzene rings is 13. The minimum Gasteiger partial charge on any atom is -0.508 e. The van der Waals surface area contributed by atoms with Crippen LogP contribution in [-0.2, 0) is 44.9 Å². The van der Waals surface area contributed by atoms with Gasteiger partial charge in [0, 0.05) is 39.0 Å². The van der Waals surface area contributed by atoms with Crippen molar-refractivity contribution < 1.29 is 60.0 Å². The fourth-order valence-electron chi connectivity index (χ4n) is 13.2. The Labute approximate surface area is 735 Å². The van der Waals surface area contributed by atoms with Gasteiger partial charge in [0.05, 0.1) is 73.2 Å². The van der Waals surface area contributed by atoms with Gasteiger partial charge in [-0.1, -0.05) is 195 Å². The van der Waals surface area contributed by atoms with Crippen molar-refractivity contribution in [1.82, 2.24) is 39.9 Å². The van der Waals surface area contributed by atoms with Gasteiger partial charge in [-0.15, -0.1) is 0 Å². The Morgan fingerprint density at radius 1 is 0.281 bits per heavy atom. The van der Waals surface area contributed by atoms with Crippen molar-refractivity contribution in [3.05, 3.63) is 404 Å². The lowest BCUT2D eigenvalue weighted by Gasteiger charge is -2.14. The van der Waals surface area contributed by atoms with E-state index >= 15 is 0 Å². The molecule has 17 aromatic rings. The number of aromatic hydroxyl groups is 8. The third kappa shape index (κ3) is 23.9. The Morgan fingerprint density at radius 2 is 0.594 bits per heavy atom. The number of amides is 4. The molecule has 4 amide bonds. The number of nitrogens with zero attached hydrogens (tertiary/aromatic N) is 8. The van der Waals surface area contributed by atoms with Gasteiger partial charge in [-0.25, -0.2) is 39.9 Å². The van der Waals surface area contributed by atoms with Crippen molar-refractivity contribution >= 4 is 75.4 Å². The summed E-state index contributed by atoms with van der Waals surface area (Å²) < 4.78 is 0. The molecule has 0 saturated carbocycles. The lowest BCUT2D eigenvalue weighted by atomic mass is 10.0. The summed E-state index contributed by atoms with van der Waals surface area (Å²) in [5, 5.41) is 89.4. The van der Waals surface area contributed by atoms with Crippen molar-refractivity contribution in [1.29, 1.82) is 0 Å². The van der Waals surface area contributed by atoms with Crippen LogP contribution in [0.5, 0.6) is 46.0 Å². The van der Waals surface area contributed by atoms with Crippen LogP contribution >= 0.6 is 0 Å². The van der Waals surface area contributed by atoms with Crippen molar-refractivity contribution in [2.75, 3.05) is 21.3 Å². The van der Waals surface area contributed by atoms with Gasteiger partial charge in [-0.05, 0) is 196 Å². The van der Waals surface area contributed by atoms with E-state index < -0.39 is 0 Å². The molecule has 0 fully saturated rings. The summed E-state index contributed by atoms with van der Waals surface area (Å²) in [5.74, 6) is 1.70. The van der Waals surface area contributed by atoms with Crippen molar-refractivity contribution in [3.8, 4) is 114 Å². The highest BCUT2D eigenvalue weighted by Gasteiger charge is 2.22. The molecule has 128 heavy (non-hydrogen) atoms. The molecule has 0 atom stereocenters. The van der Waals surface area contributed by atoms with E-state index in [-0.39, 0.29) is 95.3 Å². The summed E-state index contributed by atoms with van der Waals surface area (Å²) in [5.41, 5.74) is 15.0. The molecule has 24 nitrogen and oxygen atoms in total. The van der Waals surface area contributed by atoms with Gasteiger partial charge in [-0.3, -0.25) is 19.2 Å². The molecule has 0 spiro atoms. The second-order valence-corrected chi connectivity index (χ2v) is 29.1. The number of hydrogen-bond acceptors (Lipinski definition) is 20. The third-order valence-electron chi connectivity index (χ3n) is 19.7. The summed E-state index contributed by atoms with van der Waals surface area (Å²) in [6.45, 7) is 4.18. The first-order valence-electron chi connectivity index (χ1n) is 40.2. The van der Waals surface area contributed by atoms with Gasteiger partial charge in [0.2, 0.25) is 23.6 Å². The maximum Gasteiger partial charge on any atom is 0.230 e. The van der Waals surface area contributed by atoms with E-state index in [0.717, 1.165) is 77.5 Å². The molecular formula is C104H82N12O12. The van der Waals surface area contributed by atoms with Crippen LogP contribution in [0.15, 0.2) is 359 Å². The summed E-state index contributed by atoms with van der Waals surface area (Å²) in [6.07, 6.45) is 10.6. The molecule has 0 aliphatic heterocycles. The minimum absolute atomic E-state index is 0.124. The van der Waals surface area contributed by atoms with Crippen molar-refractivity contribution in [2.45, 2.75) is 25.7 Å². The predicted molar refractivity (Wildman–Crippen MR) is 497 cm³/mol. The van der Waals surface area contributed by atoms with Crippen LogP contribution in [0.25, 0.3) is 96.0 Å². The van der Waals surface area contributed by atoms with Crippen LogP contribution in [0.2, 0.25) is 0 Å². The fraction of sp³-hybridized carbons (Fsp3) is 0.0385. The van der Waals surface area contributed by atoms with Gasteiger partial charge < -0.3 is 62.1 Å². The molecular weight excluding hydrogens is 1610 g/mol. The topological polar surface area (TPSA) is 381 Å². The standard InChI is InChI=1S/C28H21N3O3.2C26H21N3O3.C24H19N3O3/c32-21-12-8-18(9-13-21)16-26(34)31-28-27(24-7-3-5-19-4-1-2-6-23(19)24)30-25(17-29-28)20-10-14-22(33)15-11-20;1-17(19-5-3-2-4-6-19)25-26(29-24(32)15-18-7-11-21(30)12-8-18)27-16-23(28-25)20-9-13-22(31)14-10-20;30-21-11-6-19(7-12-21)16-25(32)29-26-23(15-8-18-4-2-1-3-5-18)28-24(17-27-26)20-9-13-22(31)14-10-20;28-19-10-6-16(7-11-19)14-22(30)27-24-23(18-4-2-1-3-5-18)26-21(15-25-24)17-8-12-20(29)13-9-17/h1-15,17,32-33H,16H2,(H,29,31,34);2-14,16,30-31H,1,15H2,(H,27,29,32);1-15,17,30-31H,16H2,(H,27,29,32);1-13,15,28-29H,14H2,(H,25,27,30)/b;;15-8+;. The Hall–Kier alpha value is -17.8. The number of phenolic OH excluding ortho intramolecular Hbond substituents is 8. The van der Waals surface area contributed by atoms with E-state index in [4.69, 9.17) is 15.0 Å². The summed E-state index contributed by atoms with van der Waals surface area (Å²) in [7, 11) is 0. The van der Waals surface area contributed by atoms with E-state index in [2.05, 4.69) is 52.8 Å². The summed E-state index contributed by atoms with van der Waals surface area (Å²) >= 11 is 0. The summed E-state index contributed by atoms with van der Waals surface area (Å²) in [4.78, 5) is 87.6. The largest absolute Gasteiger partial charge is 0.508 e. The molecule has 17 rings (SSSR count). The van der Waals surface area contributed by atoms with E-state index in [1.165, 1.54) is 12.1 Å². The Morgan fingerprint density at radius 3 is 1.02 bits per heavy atom. The van der Waals surface area contributed by atoms with Crippen molar-refractivity contribution in [3.63, 3.8) is 0 Å². The number of rotatable bonds is 22. The first-order chi connectivity index (χ1) is 62.2. The normalized spacial score (nSPS) is 10.7. The van der Waals surface area contributed by atoms with Crippen LogP contribution in [0.3, 0.4) is 0 Å². The molecule has 13 aromatic carbocycles. The number of nitrogens with one attached hydrogen (secondary N) is 4. The van der Waals surface area contributed by atoms with E-state index in [0.29, 0.717) is 74.4 Å². The average molecular weight is 1690 g/mol. The van der Waals surface area contributed by atoms with Gasteiger partial charge in [0.15, 0.2) is 23.3 Å². The van der Waals surface area contributed by atoms with E-state index in [9.17, 15) is 60.0 Å². The number of carbonyl (C=O) groups is 4. The highest BCUT2D eigenvalue weighted by Crippen LogP contribution is 2.36. The maximum atomic E-state index is 12.8. The zero-order chi connectivity index (χ0) is 89.3. The highest BCUT2D eigenvalue weighted by atomic mass is 16.3. The molecule has 0 saturated heterocycles. The van der Waals surface area contributed by atoms with Crippen LogP contribution < -0.4 is 21.3 Å². The van der Waals surface area contributed by atoms with Crippen LogP contribution in [-0.4, -0.2) is 104 Å². The molecule has 0 unspecified atom stereocenters. The lowest BCUT2D eigenvalue weighted by Crippen LogP contribution is -2.17. The maximum absolute atomic E-state index is 12.8. The molecule has 24 heteroatoms. The third-order valence-corrected chi connectivity index (χ3v) is 19.7. The first-order valence-corrected chi connectivity index (χ1v) is 40.2. The SMILES string of the molecule is C=C(c1ccccc1)c1nc(-c2ccc(O)cc2)cnc1NC(=O)Cc1ccc(O)cc1.O=C(Cc1ccc(O)cc1)Nc1ncc(-c2ccc(O)cc2)nc1-c1cccc2ccccc12.O=C(Cc1ccc(O)cc1)Nc1ncc(-c2ccc(O)cc2)nc1-c1ccccc1.O=C(Cc1ccc(O)cc1)Nc1ncc(-c2ccc(O)cc2)nc1/C=C/c1ccccc1. The molecule has 0 aliphatic rings. The fourth-order valence-corrected chi connectivity index (χ4v) is 13.2. The number of hydrogen-bond donors (Lipinski definition) is 12. The molecule has 12 N–H and O–H groups in total. The predicted octanol–water partition coefficient (Wildman–Crippen LogP) is 19.7. The van der Waals surface area contributed by atoms with Gasteiger partial charge in [-0.2, -0.15) is 0 Å². The number of fused-ring (bicyclic) bond motifs is 1. The van der Waals surface area contributed by atoms with Crippen LogP contribution in [0, 0.1) is 0 Å². The molecule has 0 bridgehead atoms. The second kappa shape index (κ2) is 41.6. The second-order valence-electron chi connectivity index (χ2n) is 29.1. The van der Waals surface area contributed by atoms with Crippen LogP contribution in [0.1, 0.15) is 44.8 Å². The Bertz CT molecular complexity index is 6760. The first kappa shape index (κ1) is 86.6. The van der Waals surface area contributed by atoms with Gasteiger partial charge in [0.1, 0.15) is 68.8 Å². The molecule has 4 aromatic heterocycles. The quantitative estimate of drug-likeness (QED) is 0.0300. The van der Waals surface area contributed by atoms with Gasteiger partial charge >= 0.3 is 0 Å². The average Bonchev–Trinajstić information content (AvgIpc) is 0.669. The Balaban J connectivity index is 0.000000138. The van der Waals surface area contributed by atoms with E-state index in [1.807, 2.05) is 146 Å². The molecule has 0 radical (unpaired) electrons. The molecule has 630 valence electrons. The zero-order valence-electron chi connectivity index (χ0n) is 68.5.